The average molecular weight is 313 g/mol. The van der Waals surface area contributed by atoms with Crippen LogP contribution in [0.25, 0.3) is 0 Å². The first-order valence-electron chi connectivity index (χ1n) is 6.84. The number of benzene rings is 1. The Kier molecular flexibility index (Phi) is 7.31. The number of amides is 1. The normalized spacial score (nSPS) is 11.8. The molecule has 6 nitrogen and oxygen atoms in total. The van der Waals surface area contributed by atoms with Gasteiger partial charge in [0, 0.05) is 20.1 Å². The number of carboxylic acids is 1. The fourth-order valence-corrected chi connectivity index (χ4v) is 1.91. The second-order valence-corrected chi connectivity index (χ2v) is 4.68. The molecule has 0 bridgehead atoms. The zero-order chi connectivity index (χ0) is 16.5. The van der Waals surface area contributed by atoms with E-state index in [2.05, 4.69) is 5.32 Å². The summed E-state index contributed by atoms with van der Waals surface area (Å²) in [5, 5.41) is 11.6. The number of carboxylic acid groups (broad SMARTS) is 1. The second-order valence-electron chi connectivity index (χ2n) is 4.68. The van der Waals surface area contributed by atoms with Gasteiger partial charge in [0.05, 0.1) is 7.11 Å². The van der Waals surface area contributed by atoms with Gasteiger partial charge in [-0.1, -0.05) is 6.07 Å². The molecule has 1 aromatic rings. The molecule has 1 aromatic carbocycles. The van der Waals surface area contributed by atoms with E-state index >= 15 is 0 Å². The molecule has 0 saturated heterocycles. The van der Waals surface area contributed by atoms with Crippen LogP contribution in [-0.4, -0.2) is 37.8 Å². The summed E-state index contributed by atoms with van der Waals surface area (Å²) in [6.07, 6.45) is 1.48. The lowest BCUT2D eigenvalue weighted by atomic mass is 10.1. The van der Waals surface area contributed by atoms with Gasteiger partial charge >= 0.3 is 5.97 Å². The Bertz CT molecular complexity index is 521. The Morgan fingerprint density at radius 3 is 2.59 bits per heavy atom. The van der Waals surface area contributed by atoms with E-state index in [4.69, 9.17) is 9.47 Å². The molecule has 122 valence electrons. The molecule has 1 atom stereocenters. The fourth-order valence-electron chi connectivity index (χ4n) is 1.91. The van der Waals surface area contributed by atoms with E-state index in [0.29, 0.717) is 19.4 Å². The molecule has 1 amide bonds. The highest BCUT2D eigenvalue weighted by Gasteiger charge is 2.23. The van der Waals surface area contributed by atoms with Crippen molar-refractivity contribution in [3.05, 3.63) is 29.6 Å². The fraction of sp³-hybridized carbons (Fsp3) is 0.467. The number of hydrogen-bond donors (Lipinski definition) is 2. The van der Waals surface area contributed by atoms with Crippen LogP contribution >= 0.6 is 0 Å². The van der Waals surface area contributed by atoms with Gasteiger partial charge in [-0.2, -0.15) is 0 Å². The van der Waals surface area contributed by atoms with Crippen molar-refractivity contribution in [3.8, 4) is 5.75 Å². The standard InChI is InChI=1S/C15H20FNO5/c1-21-8-4-3-5-13(18)17-14(15(19)20)10-6-7-12(22-2)11(16)9-10/h6-7,9,14H,3-5,8H2,1-2H3,(H,17,18)(H,19,20). The molecular weight excluding hydrogens is 293 g/mol. The number of unbranched alkanes of at least 4 members (excludes halogenated alkanes) is 1. The van der Waals surface area contributed by atoms with Gasteiger partial charge < -0.3 is 19.9 Å². The molecule has 0 fully saturated rings. The SMILES string of the molecule is COCCCCC(=O)NC(C(=O)O)c1ccc(OC)c(F)c1. The Morgan fingerprint density at radius 2 is 2.05 bits per heavy atom. The number of ether oxygens (including phenoxy) is 2. The van der Waals surface area contributed by atoms with E-state index in [1.54, 1.807) is 7.11 Å². The molecule has 0 aliphatic carbocycles. The van der Waals surface area contributed by atoms with Crippen LogP contribution in [0.4, 0.5) is 4.39 Å². The van der Waals surface area contributed by atoms with E-state index < -0.39 is 23.7 Å². The lowest BCUT2D eigenvalue weighted by molar-refractivity contribution is -0.142. The van der Waals surface area contributed by atoms with Crippen LogP contribution in [0.15, 0.2) is 18.2 Å². The number of carbonyl (C=O) groups excluding carboxylic acids is 1. The summed E-state index contributed by atoms with van der Waals surface area (Å²) in [5.41, 5.74) is 0.149. The number of nitrogens with one attached hydrogen (secondary N) is 1. The molecule has 0 radical (unpaired) electrons. The molecule has 1 rings (SSSR count). The zero-order valence-electron chi connectivity index (χ0n) is 12.6. The van der Waals surface area contributed by atoms with Crippen molar-refractivity contribution in [2.24, 2.45) is 0 Å². The van der Waals surface area contributed by atoms with E-state index in [1.165, 1.54) is 19.2 Å². The maximum absolute atomic E-state index is 13.7. The highest BCUT2D eigenvalue weighted by atomic mass is 19.1. The van der Waals surface area contributed by atoms with Gasteiger partial charge in [0.1, 0.15) is 0 Å². The molecular formula is C15H20FNO5. The summed E-state index contributed by atoms with van der Waals surface area (Å²) in [4.78, 5) is 23.1. The second kappa shape index (κ2) is 8.99. The van der Waals surface area contributed by atoms with Crippen LogP contribution in [-0.2, 0) is 14.3 Å². The lowest BCUT2D eigenvalue weighted by Crippen LogP contribution is -2.33. The van der Waals surface area contributed by atoms with Gasteiger partial charge in [-0.25, -0.2) is 9.18 Å². The molecule has 7 heteroatoms. The topological polar surface area (TPSA) is 84.9 Å². The Labute approximate surface area is 128 Å². The predicted molar refractivity (Wildman–Crippen MR) is 77.2 cm³/mol. The molecule has 0 aliphatic heterocycles. The third-order valence-electron chi connectivity index (χ3n) is 3.06. The minimum Gasteiger partial charge on any atom is -0.494 e. The highest BCUT2D eigenvalue weighted by molar-refractivity contribution is 5.84. The number of rotatable bonds is 9. The average Bonchev–Trinajstić information content (AvgIpc) is 2.49. The predicted octanol–water partition coefficient (Wildman–Crippen LogP) is 1.89. The molecule has 22 heavy (non-hydrogen) atoms. The summed E-state index contributed by atoms with van der Waals surface area (Å²) in [5.74, 6) is -2.33. The Morgan fingerprint density at radius 1 is 1.32 bits per heavy atom. The van der Waals surface area contributed by atoms with E-state index in [1.807, 2.05) is 0 Å². The monoisotopic (exact) mass is 313 g/mol. The van der Waals surface area contributed by atoms with Crippen molar-refractivity contribution in [2.45, 2.75) is 25.3 Å². The van der Waals surface area contributed by atoms with Gasteiger partial charge in [0.2, 0.25) is 5.91 Å². The molecule has 0 saturated carbocycles. The van der Waals surface area contributed by atoms with E-state index in [-0.39, 0.29) is 17.7 Å². The Balaban J connectivity index is 2.71. The molecule has 0 heterocycles. The summed E-state index contributed by atoms with van der Waals surface area (Å²) in [7, 11) is 2.88. The van der Waals surface area contributed by atoms with Gasteiger partial charge in [0.25, 0.3) is 0 Å². The van der Waals surface area contributed by atoms with E-state index in [9.17, 15) is 19.1 Å². The summed E-state index contributed by atoms with van der Waals surface area (Å²) in [6.45, 7) is 0.541. The molecule has 0 aliphatic rings. The van der Waals surface area contributed by atoms with Gasteiger partial charge in [0.15, 0.2) is 17.6 Å². The first kappa shape index (κ1) is 17.9. The highest BCUT2D eigenvalue weighted by Crippen LogP contribution is 2.22. The Hall–Kier alpha value is -2.15. The van der Waals surface area contributed by atoms with Gasteiger partial charge in [-0.15, -0.1) is 0 Å². The van der Waals surface area contributed by atoms with Crippen LogP contribution in [0.3, 0.4) is 0 Å². The van der Waals surface area contributed by atoms with E-state index in [0.717, 1.165) is 6.07 Å². The smallest absolute Gasteiger partial charge is 0.330 e. The first-order chi connectivity index (χ1) is 10.5. The largest absolute Gasteiger partial charge is 0.494 e. The minimum atomic E-state index is -1.30. The summed E-state index contributed by atoms with van der Waals surface area (Å²) < 4.78 is 23.3. The number of hydrogen-bond acceptors (Lipinski definition) is 4. The molecule has 1 unspecified atom stereocenters. The number of carbonyl (C=O) groups is 2. The minimum absolute atomic E-state index is 0.0128. The third kappa shape index (κ3) is 5.33. The van der Waals surface area contributed by atoms with Crippen LogP contribution in [0.1, 0.15) is 30.9 Å². The molecule has 0 spiro atoms. The lowest BCUT2D eigenvalue weighted by Gasteiger charge is -2.15. The zero-order valence-corrected chi connectivity index (χ0v) is 12.6. The maximum atomic E-state index is 13.7. The molecule has 2 N–H and O–H groups in total. The van der Waals surface area contributed by atoms with Crippen molar-refractivity contribution >= 4 is 11.9 Å². The van der Waals surface area contributed by atoms with Crippen molar-refractivity contribution < 1.29 is 28.6 Å². The van der Waals surface area contributed by atoms with Crippen LogP contribution in [0.2, 0.25) is 0 Å². The van der Waals surface area contributed by atoms with Crippen LogP contribution < -0.4 is 10.1 Å². The van der Waals surface area contributed by atoms with Crippen molar-refractivity contribution in [2.75, 3.05) is 20.8 Å². The van der Waals surface area contributed by atoms with Gasteiger partial charge in [-0.3, -0.25) is 4.79 Å². The summed E-state index contributed by atoms with van der Waals surface area (Å²) in [6, 6.07) is 2.48. The van der Waals surface area contributed by atoms with Crippen molar-refractivity contribution in [3.63, 3.8) is 0 Å². The van der Waals surface area contributed by atoms with Crippen molar-refractivity contribution in [1.82, 2.24) is 5.32 Å². The van der Waals surface area contributed by atoms with Crippen LogP contribution in [0, 0.1) is 5.82 Å². The maximum Gasteiger partial charge on any atom is 0.330 e. The number of aliphatic carboxylic acids is 1. The van der Waals surface area contributed by atoms with Crippen LogP contribution in [0.5, 0.6) is 5.75 Å². The van der Waals surface area contributed by atoms with Gasteiger partial charge in [-0.05, 0) is 30.5 Å². The quantitative estimate of drug-likeness (QED) is 0.680. The number of methoxy groups -OCH3 is 2. The summed E-state index contributed by atoms with van der Waals surface area (Å²) >= 11 is 0. The molecule has 0 aromatic heterocycles. The first-order valence-corrected chi connectivity index (χ1v) is 6.84. The number of halogens is 1. The third-order valence-corrected chi connectivity index (χ3v) is 3.06. The van der Waals surface area contributed by atoms with Crippen molar-refractivity contribution in [1.29, 1.82) is 0 Å².